The van der Waals surface area contributed by atoms with E-state index in [1.165, 1.54) is 24.3 Å². The molecule has 2 aromatic rings. The molecular formula is C23H31N4NaO5S. The molecule has 5 N–H and O–H groups in total. The van der Waals surface area contributed by atoms with Gasteiger partial charge in [0.05, 0.1) is 10.9 Å². The summed E-state index contributed by atoms with van der Waals surface area (Å²) in [5.74, 6) is -1.20. The molecule has 2 aromatic carbocycles. The molecule has 0 fully saturated rings. The van der Waals surface area contributed by atoms with Crippen LogP contribution in [-0.2, 0) is 19.6 Å². The van der Waals surface area contributed by atoms with E-state index in [4.69, 9.17) is 10.9 Å². The number of nitrogen functional groups attached to an aromatic ring is 1. The quantitative estimate of drug-likeness (QED) is 0.266. The SMILES string of the molecule is CCCC(C)C1(CC)C(=O)N=C([O-])NC1=O.Nc1ccc(S(N)(=O)=O)cc1.[Na+].c1ccccc1. The summed E-state index contributed by atoms with van der Waals surface area (Å²) in [5, 5.41) is 17.9. The van der Waals surface area contributed by atoms with Gasteiger partial charge in [-0.05, 0) is 43.0 Å². The zero-order valence-electron chi connectivity index (χ0n) is 20.0. The van der Waals surface area contributed by atoms with E-state index in [0.29, 0.717) is 12.1 Å². The summed E-state index contributed by atoms with van der Waals surface area (Å²) >= 11 is 0. The Labute approximate surface area is 223 Å². The van der Waals surface area contributed by atoms with Crippen LogP contribution in [0.25, 0.3) is 0 Å². The third-order valence-corrected chi connectivity index (χ3v) is 6.14. The standard InChI is InChI=1S/C11H18N2O3.C6H8N2O2S.C6H6.Na/c1-4-6-7(3)11(5-2)8(14)12-10(16)13-9(11)15;7-5-1-3-6(4-2-5)11(8,9)10;1-2-4-6-5-3-1;/h7H,4-6H2,1-3H3,(H2,12,13,14,15,16);1-4H,7H2,(H2,8,9,10);1-6H;/q;;;+1/p-1. The van der Waals surface area contributed by atoms with Crippen LogP contribution < -0.4 is 50.9 Å². The average Bonchev–Trinajstić information content (AvgIpc) is 2.76. The Balaban J connectivity index is 0.000000522. The van der Waals surface area contributed by atoms with Crippen molar-refractivity contribution in [3.63, 3.8) is 0 Å². The number of sulfonamides is 1. The van der Waals surface area contributed by atoms with Crippen molar-refractivity contribution >= 4 is 33.5 Å². The zero-order chi connectivity index (χ0) is 25.1. The fourth-order valence-corrected chi connectivity index (χ4v) is 3.86. The minimum atomic E-state index is -3.58. The number of nitrogens with one attached hydrogen (secondary N) is 1. The molecule has 2 unspecified atom stereocenters. The number of hydrogen-bond donors (Lipinski definition) is 3. The smallest absolute Gasteiger partial charge is 0.846 e. The van der Waals surface area contributed by atoms with E-state index in [0.717, 1.165) is 12.8 Å². The predicted octanol–water partition coefficient (Wildman–Crippen LogP) is -1.20. The van der Waals surface area contributed by atoms with Crippen molar-refractivity contribution in [3.8, 4) is 0 Å². The second kappa shape index (κ2) is 14.9. The fourth-order valence-electron chi connectivity index (χ4n) is 3.34. The molecule has 180 valence electrons. The van der Waals surface area contributed by atoms with Gasteiger partial charge in [-0.15, -0.1) is 0 Å². The van der Waals surface area contributed by atoms with Crippen LogP contribution in [0.1, 0.15) is 40.0 Å². The molecule has 34 heavy (non-hydrogen) atoms. The van der Waals surface area contributed by atoms with Crippen molar-refractivity contribution in [2.24, 2.45) is 21.5 Å². The minimum absolute atomic E-state index is 0. The number of rotatable bonds is 5. The molecular weight excluding hydrogens is 467 g/mol. The Morgan fingerprint density at radius 2 is 1.50 bits per heavy atom. The number of nitrogens with two attached hydrogens (primary N) is 2. The first-order valence-corrected chi connectivity index (χ1v) is 12.0. The largest absolute Gasteiger partial charge is 1.00 e. The van der Waals surface area contributed by atoms with E-state index in [-0.39, 0.29) is 40.4 Å². The molecule has 0 saturated heterocycles. The Bertz CT molecular complexity index is 1020. The Morgan fingerprint density at radius 3 is 1.85 bits per heavy atom. The van der Waals surface area contributed by atoms with Crippen molar-refractivity contribution in [3.05, 3.63) is 60.7 Å². The monoisotopic (exact) mass is 498 g/mol. The van der Waals surface area contributed by atoms with Crippen molar-refractivity contribution < 1.29 is 52.7 Å². The average molecular weight is 499 g/mol. The molecule has 0 aromatic heterocycles. The van der Waals surface area contributed by atoms with Gasteiger partial charge in [-0.2, -0.15) is 0 Å². The molecule has 0 radical (unpaired) electrons. The summed E-state index contributed by atoms with van der Waals surface area (Å²) < 4.78 is 21.4. The molecule has 2 amide bonds. The summed E-state index contributed by atoms with van der Waals surface area (Å²) in [4.78, 5) is 27.1. The van der Waals surface area contributed by atoms with Crippen molar-refractivity contribution in [1.82, 2.24) is 5.32 Å². The molecule has 0 saturated carbocycles. The first-order chi connectivity index (χ1) is 15.5. The van der Waals surface area contributed by atoms with Gasteiger partial charge in [-0.25, -0.2) is 18.5 Å². The molecule has 1 heterocycles. The molecule has 11 heteroatoms. The van der Waals surface area contributed by atoms with Crippen LogP contribution in [-0.4, -0.2) is 26.3 Å². The summed E-state index contributed by atoms with van der Waals surface area (Å²) in [5.41, 5.74) is 4.70. The molecule has 1 aliphatic heterocycles. The summed E-state index contributed by atoms with van der Waals surface area (Å²) in [6.07, 6.45) is 2.02. The first kappa shape index (κ1) is 31.8. The second-order valence-electron chi connectivity index (χ2n) is 7.46. The van der Waals surface area contributed by atoms with Crippen molar-refractivity contribution in [2.75, 3.05) is 5.73 Å². The Kier molecular flexibility index (Phi) is 13.9. The van der Waals surface area contributed by atoms with Crippen LogP contribution in [0.15, 0.2) is 70.6 Å². The second-order valence-corrected chi connectivity index (χ2v) is 9.02. The van der Waals surface area contributed by atoms with Gasteiger partial charge < -0.3 is 16.2 Å². The number of hydrogen-bond acceptors (Lipinski definition) is 6. The number of aliphatic imine (C=N–C) groups is 1. The van der Waals surface area contributed by atoms with Gasteiger partial charge >= 0.3 is 29.6 Å². The molecule has 0 spiro atoms. The van der Waals surface area contributed by atoms with Crippen LogP contribution >= 0.6 is 0 Å². The Hall–Kier alpha value is -2.24. The molecule has 9 nitrogen and oxygen atoms in total. The fraction of sp³-hybridized carbons (Fsp3) is 0.348. The summed E-state index contributed by atoms with van der Waals surface area (Å²) in [6.45, 7) is 5.62. The predicted molar refractivity (Wildman–Crippen MR) is 126 cm³/mol. The third kappa shape index (κ3) is 9.19. The molecule has 1 aliphatic rings. The number of carbonyl (C=O) groups is 2. The van der Waals surface area contributed by atoms with Crippen molar-refractivity contribution in [1.29, 1.82) is 0 Å². The van der Waals surface area contributed by atoms with E-state index in [1.807, 2.05) is 50.2 Å². The van der Waals surface area contributed by atoms with Gasteiger partial charge in [0.25, 0.3) is 5.91 Å². The first-order valence-electron chi connectivity index (χ1n) is 10.5. The molecule has 3 rings (SSSR count). The summed E-state index contributed by atoms with van der Waals surface area (Å²) in [6, 6.07) is 16.9. The van der Waals surface area contributed by atoms with E-state index >= 15 is 0 Å². The zero-order valence-corrected chi connectivity index (χ0v) is 22.8. The van der Waals surface area contributed by atoms with Crippen LogP contribution in [0.4, 0.5) is 5.69 Å². The van der Waals surface area contributed by atoms with Gasteiger partial charge in [0.2, 0.25) is 15.9 Å². The maximum absolute atomic E-state index is 11.9. The van der Waals surface area contributed by atoms with Gasteiger partial charge in [0, 0.05) is 5.69 Å². The van der Waals surface area contributed by atoms with Crippen LogP contribution in [0.2, 0.25) is 0 Å². The number of nitrogens with zero attached hydrogens (tertiary/aromatic N) is 1. The molecule has 2 atom stereocenters. The van der Waals surface area contributed by atoms with E-state index < -0.39 is 33.3 Å². The number of primary sulfonamides is 1. The number of amides is 2. The van der Waals surface area contributed by atoms with Gasteiger partial charge in [0.1, 0.15) is 5.41 Å². The Morgan fingerprint density at radius 1 is 1.03 bits per heavy atom. The third-order valence-electron chi connectivity index (χ3n) is 5.21. The van der Waals surface area contributed by atoms with Gasteiger partial charge in [0.15, 0.2) is 0 Å². The minimum Gasteiger partial charge on any atom is -0.846 e. The van der Waals surface area contributed by atoms with Crippen molar-refractivity contribution in [2.45, 2.75) is 44.9 Å². The number of carbonyl (C=O) groups excluding carboxylic acids is 2. The normalized spacial score (nSPS) is 17.9. The molecule has 0 aliphatic carbocycles. The van der Waals surface area contributed by atoms with Gasteiger partial charge in [-0.1, -0.05) is 63.6 Å². The van der Waals surface area contributed by atoms with Crippen LogP contribution in [0.5, 0.6) is 0 Å². The van der Waals surface area contributed by atoms with E-state index in [2.05, 4.69) is 10.3 Å². The topological polar surface area (TPSA) is 168 Å². The number of anilines is 1. The maximum atomic E-state index is 11.9. The van der Waals surface area contributed by atoms with E-state index in [9.17, 15) is 23.1 Å². The van der Waals surface area contributed by atoms with Gasteiger partial charge in [-0.3, -0.25) is 9.59 Å². The molecule has 0 bridgehead atoms. The van der Waals surface area contributed by atoms with Crippen LogP contribution in [0, 0.1) is 11.3 Å². The maximum Gasteiger partial charge on any atom is 1.00 e. The number of amidine groups is 1. The summed E-state index contributed by atoms with van der Waals surface area (Å²) in [7, 11) is -3.58. The number of benzene rings is 2. The van der Waals surface area contributed by atoms with Crippen LogP contribution in [0.3, 0.4) is 0 Å². The van der Waals surface area contributed by atoms with E-state index in [1.54, 1.807) is 6.92 Å².